The molecule has 1 rings (SSSR count). The lowest BCUT2D eigenvalue weighted by Gasteiger charge is -2.14. The molecule has 0 aliphatic carbocycles. The fourth-order valence-electron chi connectivity index (χ4n) is 2.80. The van der Waals surface area contributed by atoms with Gasteiger partial charge >= 0.3 is 11.9 Å². The standard InChI is InChI=1S/C24H35N3O4S/c1-16(2)8-6-9-17(3)10-7-11-18(4)12-13-32-15-21(23(30)31)27-24-25-14-20(22(28)29)19(5)26-24/h8,10,12,14,21H,6-7,9,11,13,15H2,1-5H3,(H,28,29)(H,30,31)(H,25,26,27)/b17-10+,18-12+/t21-/m0/s1. The molecule has 1 aromatic rings. The van der Waals surface area contributed by atoms with Crippen LogP contribution in [-0.4, -0.2) is 49.7 Å². The van der Waals surface area contributed by atoms with Crippen LogP contribution >= 0.6 is 11.8 Å². The number of anilines is 1. The summed E-state index contributed by atoms with van der Waals surface area (Å²) in [7, 11) is 0. The van der Waals surface area contributed by atoms with Gasteiger partial charge in [-0.2, -0.15) is 11.8 Å². The predicted molar refractivity (Wildman–Crippen MR) is 132 cm³/mol. The second-order valence-corrected chi connectivity index (χ2v) is 9.11. The first-order chi connectivity index (χ1) is 15.1. The van der Waals surface area contributed by atoms with Crippen molar-refractivity contribution in [3.63, 3.8) is 0 Å². The van der Waals surface area contributed by atoms with E-state index in [1.54, 1.807) is 6.92 Å². The van der Waals surface area contributed by atoms with Gasteiger partial charge in [-0.1, -0.05) is 34.9 Å². The van der Waals surface area contributed by atoms with E-state index in [0.29, 0.717) is 5.75 Å². The van der Waals surface area contributed by atoms with Crippen molar-refractivity contribution in [3.05, 3.63) is 52.4 Å². The number of nitrogens with zero attached hydrogens (tertiary/aromatic N) is 2. The van der Waals surface area contributed by atoms with Crippen molar-refractivity contribution in [1.29, 1.82) is 0 Å². The number of thioether (sulfide) groups is 1. The van der Waals surface area contributed by atoms with Crippen molar-refractivity contribution in [3.8, 4) is 0 Å². The van der Waals surface area contributed by atoms with Crippen LogP contribution < -0.4 is 5.32 Å². The Balaban J connectivity index is 2.45. The minimum atomic E-state index is -1.11. The Hall–Kier alpha value is -2.61. The molecule has 0 saturated heterocycles. The van der Waals surface area contributed by atoms with Crippen molar-refractivity contribution in [2.45, 2.75) is 66.3 Å². The normalized spacial score (nSPS) is 12.9. The van der Waals surface area contributed by atoms with Crippen LogP contribution in [0, 0.1) is 6.92 Å². The first-order valence-electron chi connectivity index (χ1n) is 10.7. The minimum Gasteiger partial charge on any atom is -0.480 e. The summed E-state index contributed by atoms with van der Waals surface area (Å²) >= 11 is 1.51. The van der Waals surface area contributed by atoms with Crippen LogP contribution in [0.15, 0.2) is 41.1 Å². The monoisotopic (exact) mass is 461 g/mol. The molecular weight excluding hydrogens is 426 g/mol. The number of nitrogens with one attached hydrogen (secondary N) is 1. The van der Waals surface area contributed by atoms with Gasteiger partial charge in [-0.25, -0.2) is 19.6 Å². The zero-order chi connectivity index (χ0) is 24.1. The maximum Gasteiger partial charge on any atom is 0.339 e. The number of rotatable bonds is 14. The molecule has 0 spiro atoms. The number of aliphatic carboxylic acids is 1. The minimum absolute atomic E-state index is 0.00431. The number of carbonyl (C=O) groups is 2. The average Bonchev–Trinajstić information content (AvgIpc) is 2.69. The van der Waals surface area contributed by atoms with E-state index in [1.807, 2.05) is 0 Å². The summed E-state index contributed by atoms with van der Waals surface area (Å²) in [4.78, 5) is 30.6. The predicted octanol–water partition coefficient (Wildman–Crippen LogP) is 5.50. The van der Waals surface area contributed by atoms with Crippen LogP contribution in [0.4, 0.5) is 5.95 Å². The number of allylic oxidation sites excluding steroid dienone is 5. The molecule has 0 saturated carbocycles. The third-order valence-corrected chi connectivity index (χ3v) is 5.74. The van der Waals surface area contributed by atoms with Gasteiger partial charge in [0.05, 0.1) is 11.3 Å². The molecular formula is C24H35N3O4S. The Morgan fingerprint density at radius 3 is 2.25 bits per heavy atom. The van der Waals surface area contributed by atoms with Crippen molar-refractivity contribution < 1.29 is 19.8 Å². The molecule has 0 aliphatic heterocycles. The summed E-state index contributed by atoms with van der Waals surface area (Å²) in [6.07, 6.45) is 12.1. The highest BCUT2D eigenvalue weighted by molar-refractivity contribution is 7.99. The lowest BCUT2D eigenvalue weighted by Crippen LogP contribution is -2.32. The maximum absolute atomic E-state index is 11.6. The Bertz CT molecular complexity index is 874. The largest absolute Gasteiger partial charge is 0.480 e. The molecule has 32 heavy (non-hydrogen) atoms. The van der Waals surface area contributed by atoms with Gasteiger partial charge < -0.3 is 15.5 Å². The van der Waals surface area contributed by atoms with E-state index in [2.05, 4.69) is 61.2 Å². The van der Waals surface area contributed by atoms with E-state index in [0.717, 1.165) is 31.4 Å². The van der Waals surface area contributed by atoms with Gasteiger partial charge in [0.25, 0.3) is 0 Å². The number of hydrogen-bond donors (Lipinski definition) is 3. The van der Waals surface area contributed by atoms with Crippen LogP contribution in [-0.2, 0) is 4.79 Å². The van der Waals surface area contributed by atoms with E-state index < -0.39 is 18.0 Å². The zero-order valence-corrected chi connectivity index (χ0v) is 20.5. The van der Waals surface area contributed by atoms with Gasteiger partial charge in [0, 0.05) is 17.7 Å². The number of aromatic nitrogens is 2. The molecule has 0 bridgehead atoms. The average molecular weight is 462 g/mol. The van der Waals surface area contributed by atoms with Gasteiger partial charge in [0.1, 0.15) is 6.04 Å². The Kier molecular flexibility index (Phi) is 12.4. The molecule has 0 aromatic carbocycles. The van der Waals surface area contributed by atoms with Crippen LogP contribution in [0.5, 0.6) is 0 Å². The van der Waals surface area contributed by atoms with Gasteiger partial charge in [-0.05, 0) is 60.3 Å². The van der Waals surface area contributed by atoms with Crippen molar-refractivity contribution >= 4 is 29.6 Å². The number of aryl methyl sites for hydroxylation is 1. The summed E-state index contributed by atoms with van der Waals surface area (Å²) in [5.74, 6) is -0.949. The molecule has 0 amide bonds. The van der Waals surface area contributed by atoms with Gasteiger partial charge in [-0.15, -0.1) is 0 Å². The molecule has 1 heterocycles. The molecule has 8 heteroatoms. The summed E-state index contributed by atoms with van der Waals surface area (Å²) < 4.78 is 0. The SMILES string of the molecule is CC(C)=CCC/C(C)=C/CC/C(C)=C/CSC[C@H](Nc1ncc(C(=O)O)c(C)n1)C(=O)O. The first-order valence-corrected chi connectivity index (χ1v) is 11.8. The Morgan fingerprint density at radius 1 is 1.06 bits per heavy atom. The third kappa shape index (κ3) is 11.1. The molecule has 0 unspecified atom stereocenters. The van der Waals surface area contributed by atoms with Crippen molar-refractivity contribution in [2.75, 3.05) is 16.8 Å². The fraction of sp³-hybridized carbons (Fsp3) is 0.500. The van der Waals surface area contributed by atoms with Gasteiger partial charge in [0.15, 0.2) is 0 Å². The van der Waals surface area contributed by atoms with Crippen LogP contribution in [0.3, 0.4) is 0 Å². The summed E-state index contributed by atoms with van der Waals surface area (Å²) in [6, 6.07) is -0.866. The highest BCUT2D eigenvalue weighted by Gasteiger charge is 2.19. The van der Waals surface area contributed by atoms with Crippen LogP contribution in [0.25, 0.3) is 0 Å². The number of carboxylic acid groups (broad SMARTS) is 2. The summed E-state index contributed by atoms with van der Waals surface area (Å²) in [5, 5.41) is 21.3. The Morgan fingerprint density at radius 2 is 1.69 bits per heavy atom. The highest BCUT2D eigenvalue weighted by Crippen LogP contribution is 2.14. The molecule has 176 valence electrons. The highest BCUT2D eigenvalue weighted by atomic mass is 32.2. The van der Waals surface area contributed by atoms with E-state index >= 15 is 0 Å². The van der Waals surface area contributed by atoms with Crippen molar-refractivity contribution in [1.82, 2.24) is 9.97 Å². The van der Waals surface area contributed by atoms with Gasteiger partial charge in [-0.3, -0.25) is 0 Å². The van der Waals surface area contributed by atoms with E-state index in [9.17, 15) is 14.7 Å². The second-order valence-electron chi connectivity index (χ2n) is 8.03. The molecule has 0 radical (unpaired) electrons. The fourth-order valence-corrected chi connectivity index (χ4v) is 3.80. The van der Waals surface area contributed by atoms with Gasteiger partial charge in [0.2, 0.25) is 5.95 Å². The topological polar surface area (TPSA) is 112 Å². The number of aromatic carboxylic acids is 1. The van der Waals surface area contributed by atoms with Crippen LogP contribution in [0.2, 0.25) is 0 Å². The molecule has 1 aromatic heterocycles. The van der Waals surface area contributed by atoms with E-state index in [1.165, 1.54) is 34.7 Å². The zero-order valence-electron chi connectivity index (χ0n) is 19.6. The quantitative estimate of drug-likeness (QED) is 0.246. The third-order valence-electron chi connectivity index (χ3n) is 4.77. The lowest BCUT2D eigenvalue weighted by atomic mass is 10.1. The van der Waals surface area contributed by atoms with Crippen LogP contribution in [0.1, 0.15) is 69.4 Å². The first kappa shape index (κ1) is 27.4. The second kappa shape index (κ2) is 14.5. The van der Waals surface area contributed by atoms with E-state index in [4.69, 9.17) is 5.11 Å². The molecule has 0 fully saturated rings. The maximum atomic E-state index is 11.6. The number of carboxylic acids is 2. The molecule has 7 nitrogen and oxygen atoms in total. The lowest BCUT2D eigenvalue weighted by molar-refractivity contribution is -0.137. The molecule has 1 atom stereocenters. The smallest absolute Gasteiger partial charge is 0.339 e. The Labute approximate surface area is 195 Å². The molecule has 0 aliphatic rings. The summed E-state index contributed by atoms with van der Waals surface area (Å²) in [5.41, 5.74) is 4.33. The molecule has 3 N–H and O–H groups in total. The summed E-state index contributed by atoms with van der Waals surface area (Å²) in [6.45, 7) is 10.1. The van der Waals surface area contributed by atoms with E-state index in [-0.39, 0.29) is 17.2 Å². The van der Waals surface area contributed by atoms with Crippen molar-refractivity contribution in [2.24, 2.45) is 0 Å². The number of hydrogen-bond acceptors (Lipinski definition) is 6.